The van der Waals surface area contributed by atoms with Crippen LogP contribution in [0.4, 0.5) is 8.78 Å². The van der Waals surface area contributed by atoms with Crippen LogP contribution in [0.3, 0.4) is 0 Å². The number of piperidine rings is 1. The van der Waals surface area contributed by atoms with Crippen molar-refractivity contribution in [3.05, 3.63) is 71.5 Å². The monoisotopic (exact) mass is 508 g/mol. The number of aromatic nitrogens is 3. The summed E-state index contributed by atoms with van der Waals surface area (Å²) in [6.07, 6.45) is 6.81. The predicted molar refractivity (Wildman–Crippen MR) is 141 cm³/mol. The highest BCUT2D eigenvalue weighted by Gasteiger charge is 2.21. The van der Waals surface area contributed by atoms with Gasteiger partial charge in [-0.2, -0.15) is 13.9 Å². The van der Waals surface area contributed by atoms with Crippen molar-refractivity contribution in [2.45, 2.75) is 58.4 Å². The molecular weight excluding hydrogens is 474 g/mol. The Morgan fingerprint density at radius 3 is 2.51 bits per heavy atom. The summed E-state index contributed by atoms with van der Waals surface area (Å²) in [7, 11) is 0. The summed E-state index contributed by atoms with van der Waals surface area (Å²) in [6.45, 7) is 11.2. The van der Waals surface area contributed by atoms with Gasteiger partial charge in [0.25, 0.3) is 5.89 Å². The van der Waals surface area contributed by atoms with Crippen LogP contribution in [0.25, 0.3) is 17.0 Å². The Morgan fingerprint density at radius 1 is 1.14 bits per heavy atom. The summed E-state index contributed by atoms with van der Waals surface area (Å²) >= 11 is 0. The number of benzene rings is 1. The first-order valence-corrected chi connectivity index (χ1v) is 12.8. The molecule has 1 saturated heterocycles. The number of alkyl halides is 2. The lowest BCUT2D eigenvalue weighted by atomic mass is 9.99. The summed E-state index contributed by atoms with van der Waals surface area (Å²) in [5.74, 6) is -0.604. The molecule has 37 heavy (non-hydrogen) atoms. The molecule has 1 aliphatic rings. The van der Waals surface area contributed by atoms with Crippen LogP contribution in [-0.4, -0.2) is 51.4 Å². The molecule has 1 unspecified atom stereocenters. The van der Waals surface area contributed by atoms with Crippen LogP contribution >= 0.6 is 0 Å². The van der Waals surface area contributed by atoms with Crippen molar-refractivity contribution >= 4 is 12.3 Å². The number of hydrogen-bond donors (Lipinski definition) is 0. The van der Waals surface area contributed by atoms with E-state index in [1.807, 2.05) is 67.7 Å². The fraction of sp³-hybridized carbons (Fsp3) is 0.429. The largest absolute Gasteiger partial charge is 0.415 e. The highest BCUT2D eigenvalue weighted by atomic mass is 19.3. The average Bonchev–Trinajstić information content (AvgIpc) is 3.42. The van der Waals surface area contributed by atoms with Gasteiger partial charge in [0.2, 0.25) is 5.89 Å². The molecular formula is C28H34F2N6O. The second kappa shape index (κ2) is 12.7. The average molecular weight is 509 g/mol. The lowest BCUT2D eigenvalue weighted by molar-refractivity contribution is 0.116. The molecule has 3 heterocycles. The first-order chi connectivity index (χ1) is 17.9. The molecule has 0 amide bonds. The standard InChI is InChI=1S/C28H34F2N6O/c1-20(24-10-9-21(2)32-18-24)19-36(31-3)25(8-7-17-35-15-5-4-6-16-35)22-11-13-23(14-12-22)27-33-34-28(37-27)26(29)30/h9-14,18-19,25-26H,3-8,15-17H2,1-2H3/b20-19+. The molecule has 196 valence electrons. The molecule has 1 atom stereocenters. The molecule has 3 aromatic rings. The molecule has 9 heteroatoms. The summed E-state index contributed by atoms with van der Waals surface area (Å²) in [5.41, 5.74) is 4.64. The molecule has 0 radical (unpaired) electrons. The maximum absolute atomic E-state index is 12.9. The zero-order valence-electron chi connectivity index (χ0n) is 21.5. The Labute approximate surface area is 216 Å². The van der Waals surface area contributed by atoms with Crippen molar-refractivity contribution in [3.8, 4) is 11.5 Å². The molecule has 1 aromatic carbocycles. The fourth-order valence-electron chi connectivity index (χ4n) is 4.63. The van der Waals surface area contributed by atoms with E-state index in [1.54, 1.807) is 0 Å². The zero-order valence-corrected chi connectivity index (χ0v) is 21.5. The smallest absolute Gasteiger partial charge is 0.314 e. The fourth-order valence-corrected chi connectivity index (χ4v) is 4.63. The number of likely N-dealkylation sites (tertiary alicyclic amines) is 1. The number of hydrazone groups is 1. The van der Waals surface area contributed by atoms with Crippen LogP contribution in [-0.2, 0) is 0 Å². The summed E-state index contributed by atoms with van der Waals surface area (Å²) in [4.78, 5) is 6.94. The molecule has 7 nitrogen and oxygen atoms in total. The number of allylic oxidation sites excluding steroid dienone is 1. The maximum Gasteiger partial charge on any atom is 0.314 e. The van der Waals surface area contributed by atoms with Gasteiger partial charge in [0.15, 0.2) is 0 Å². The van der Waals surface area contributed by atoms with E-state index in [2.05, 4.69) is 31.9 Å². The van der Waals surface area contributed by atoms with E-state index in [9.17, 15) is 8.78 Å². The van der Waals surface area contributed by atoms with E-state index < -0.39 is 12.3 Å². The first-order valence-electron chi connectivity index (χ1n) is 12.8. The third-order valence-electron chi connectivity index (χ3n) is 6.75. The van der Waals surface area contributed by atoms with Crippen molar-refractivity contribution in [2.24, 2.45) is 5.10 Å². The maximum atomic E-state index is 12.9. The van der Waals surface area contributed by atoms with Crippen LogP contribution in [0.1, 0.15) is 74.2 Å². The summed E-state index contributed by atoms with van der Waals surface area (Å²) in [6, 6.07) is 11.5. The van der Waals surface area contributed by atoms with E-state index >= 15 is 0 Å². The number of aryl methyl sites for hydroxylation is 1. The highest BCUT2D eigenvalue weighted by molar-refractivity contribution is 5.62. The molecule has 2 aromatic heterocycles. The van der Waals surface area contributed by atoms with Gasteiger partial charge in [-0.05, 0) is 94.1 Å². The second-order valence-corrected chi connectivity index (χ2v) is 9.45. The molecule has 0 bridgehead atoms. The zero-order chi connectivity index (χ0) is 26.2. The van der Waals surface area contributed by atoms with Crippen molar-refractivity contribution in [1.29, 1.82) is 0 Å². The third kappa shape index (κ3) is 7.07. The van der Waals surface area contributed by atoms with Gasteiger partial charge in [-0.15, -0.1) is 10.2 Å². The summed E-state index contributed by atoms with van der Waals surface area (Å²) in [5, 5.41) is 13.5. The molecule has 0 spiro atoms. The van der Waals surface area contributed by atoms with E-state index in [1.165, 1.54) is 19.3 Å². The van der Waals surface area contributed by atoms with Crippen LogP contribution in [0.15, 0.2) is 58.3 Å². The van der Waals surface area contributed by atoms with Gasteiger partial charge < -0.3 is 9.32 Å². The number of hydrogen-bond acceptors (Lipinski definition) is 7. The predicted octanol–water partition coefficient (Wildman–Crippen LogP) is 6.66. The SMILES string of the molecule is C=NN(/C=C(\C)c1ccc(C)nc1)C(CCCN1CCCCC1)c1ccc(-c2nnc(C(F)F)o2)cc1. The van der Waals surface area contributed by atoms with Gasteiger partial charge in [-0.25, -0.2) is 0 Å². The minimum absolute atomic E-state index is 0.0518. The van der Waals surface area contributed by atoms with Gasteiger partial charge in [0.1, 0.15) is 0 Å². The molecule has 0 saturated carbocycles. The quantitative estimate of drug-likeness (QED) is 0.213. The van der Waals surface area contributed by atoms with Gasteiger partial charge in [0.05, 0.1) is 6.04 Å². The molecule has 1 fully saturated rings. The number of halogens is 2. The molecule has 1 aliphatic heterocycles. The van der Waals surface area contributed by atoms with Gasteiger partial charge in [-0.3, -0.25) is 9.99 Å². The Morgan fingerprint density at radius 2 is 1.89 bits per heavy atom. The Bertz CT molecular complexity index is 1170. The summed E-state index contributed by atoms with van der Waals surface area (Å²) < 4.78 is 30.8. The topological polar surface area (TPSA) is 70.7 Å². The van der Waals surface area contributed by atoms with E-state index in [4.69, 9.17) is 4.42 Å². The minimum atomic E-state index is -2.80. The normalized spacial score (nSPS) is 15.6. The third-order valence-corrected chi connectivity index (χ3v) is 6.75. The van der Waals surface area contributed by atoms with Gasteiger partial charge in [0, 0.05) is 30.4 Å². The lowest BCUT2D eigenvalue weighted by Crippen LogP contribution is -2.31. The number of rotatable bonds is 11. The molecule has 4 rings (SSSR count). The minimum Gasteiger partial charge on any atom is -0.415 e. The second-order valence-electron chi connectivity index (χ2n) is 9.45. The van der Waals surface area contributed by atoms with Gasteiger partial charge >= 0.3 is 6.43 Å². The first kappa shape index (κ1) is 26.6. The van der Waals surface area contributed by atoms with Crippen molar-refractivity contribution < 1.29 is 13.2 Å². The lowest BCUT2D eigenvalue weighted by Gasteiger charge is -2.30. The highest BCUT2D eigenvalue weighted by Crippen LogP contribution is 2.31. The Hall–Kier alpha value is -3.46. The van der Waals surface area contributed by atoms with Crippen LogP contribution < -0.4 is 0 Å². The Kier molecular flexibility index (Phi) is 9.11. The van der Waals surface area contributed by atoms with Crippen molar-refractivity contribution in [2.75, 3.05) is 19.6 Å². The number of pyridine rings is 1. The van der Waals surface area contributed by atoms with E-state index in [0.29, 0.717) is 5.56 Å². The van der Waals surface area contributed by atoms with Crippen molar-refractivity contribution in [3.63, 3.8) is 0 Å². The van der Waals surface area contributed by atoms with Crippen LogP contribution in [0, 0.1) is 6.92 Å². The van der Waals surface area contributed by atoms with E-state index in [-0.39, 0.29) is 11.9 Å². The van der Waals surface area contributed by atoms with Gasteiger partial charge in [-0.1, -0.05) is 24.6 Å². The van der Waals surface area contributed by atoms with Crippen LogP contribution in [0.2, 0.25) is 0 Å². The van der Waals surface area contributed by atoms with Crippen molar-refractivity contribution in [1.82, 2.24) is 25.1 Å². The van der Waals surface area contributed by atoms with Crippen LogP contribution in [0.5, 0.6) is 0 Å². The Balaban J connectivity index is 1.56. The molecule has 0 aliphatic carbocycles. The molecule has 0 N–H and O–H groups in total. The number of nitrogens with zero attached hydrogens (tertiary/aromatic N) is 6. The van der Waals surface area contributed by atoms with E-state index in [0.717, 1.165) is 54.9 Å².